The van der Waals surface area contributed by atoms with Crippen LogP contribution >= 0.6 is 15.9 Å². The van der Waals surface area contributed by atoms with Crippen LogP contribution in [-0.4, -0.2) is 21.1 Å². The second-order valence-corrected chi connectivity index (χ2v) is 4.49. The number of carbonyl (C=O) groups is 1. The molecule has 1 atom stereocenters. The number of hydrogen-bond acceptors (Lipinski definition) is 3. The van der Waals surface area contributed by atoms with E-state index in [1.165, 1.54) is 6.33 Å². The van der Waals surface area contributed by atoms with Crippen LogP contribution < -0.4 is 5.32 Å². The molecule has 17 heavy (non-hydrogen) atoms. The van der Waals surface area contributed by atoms with E-state index in [9.17, 15) is 4.79 Å². The van der Waals surface area contributed by atoms with Crippen molar-refractivity contribution >= 4 is 21.8 Å². The Hall–Kier alpha value is -1.69. The number of aromatic amines is 1. The van der Waals surface area contributed by atoms with Gasteiger partial charge in [0.2, 0.25) is 0 Å². The number of benzene rings is 1. The summed E-state index contributed by atoms with van der Waals surface area (Å²) in [6.07, 6.45) is 1.41. The van der Waals surface area contributed by atoms with Crippen LogP contribution in [0.2, 0.25) is 0 Å². The van der Waals surface area contributed by atoms with Gasteiger partial charge in [0.05, 0.1) is 6.04 Å². The predicted molar refractivity (Wildman–Crippen MR) is 66.4 cm³/mol. The second kappa shape index (κ2) is 5.09. The first-order chi connectivity index (χ1) is 8.16. The summed E-state index contributed by atoms with van der Waals surface area (Å²) in [5.74, 6) is 0.497. The molecule has 0 bridgehead atoms. The minimum atomic E-state index is -0.200. The molecule has 2 aromatic rings. The lowest BCUT2D eigenvalue weighted by molar-refractivity contribution is 0.0938. The number of H-pyrrole nitrogens is 1. The first-order valence-corrected chi connectivity index (χ1v) is 5.88. The van der Waals surface area contributed by atoms with Crippen molar-refractivity contribution in [3.8, 4) is 0 Å². The zero-order valence-corrected chi connectivity index (χ0v) is 10.7. The summed E-state index contributed by atoms with van der Waals surface area (Å²) in [5, 5.41) is 9.29. The Morgan fingerprint density at radius 2 is 2.12 bits per heavy atom. The van der Waals surface area contributed by atoms with Gasteiger partial charge in [0, 0.05) is 10.0 Å². The van der Waals surface area contributed by atoms with E-state index in [1.807, 2.05) is 19.1 Å². The third-order valence-corrected chi connectivity index (χ3v) is 2.83. The highest BCUT2D eigenvalue weighted by Gasteiger charge is 2.12. The van der Waals surface area contributed by atoms with Gasteiger partial charge in [-0.2, -0.15) is 5.10 Å². The van der Waals surface area contributed by atoms with E-state index in [0.717, 1.165) is 4.47 Å². The highest BCUT2D eigenvalue weighted by molar-refractivity contribution is 9.10. The average Bonchev–Trinajstić information content (AvgIpc) is 2.83. The monoisotopic (exact) mass is 294 g/mol. The van der Waals surface area contributed by atoms with Crippen LogP contribution in [0.25, 0.3) is 0 Å². The summed E-state index contributed by atoms with van der Waals surface area (Å²) >= 11 is 3.32. The van der Waals surface area contributed by atoms with Crippen LogP contribution in [0.15, 0.2) is 35.1 Å². The molecular weight excluding hydrogens is 284 g/mol. The van der Waals surface area contributed by atoms with Crippen molar-refractivity contribution in [2.24, 2.45) is 0 Å². The molecule has 5 nitrogen and oxygen atoms in total. The quantitative estimate of drug-likeness (QED) is 0.910. The Bertz CT molecular complexity index is 495. The lowest BCUT2D eigenvalue weighted by Crippen LogP contribution is -2.27. The van der Waals surface area contributed by atoms with Crippen LogP contribution in [0.4, 0.5) is 0 Å². The standard InChI is InChI=1S/C11H11BrN4O/c1-7(10-13-6-14-16-10)15-11(17)8-2-4-9(12)5-3-8/h2-7H,1H3,(H,15,17)(H,13,14,16). The van der Waals surface area contributed by atoms with Crippen molar-refractivity contribution in [1.29, 1.82) is 0 Å². The topological polar surface area (TPSA) is 70.7 Å². The molecule has 2 rings (SSSR count). The lowest BCUT2D eigenvalue weighted by atomic mass is 10.2. The number of aromatic nitrogens is 3. The lowest BCUT2D eigenvalue weighted by Gasteiger charge is -2.10. The van der Waals surface area contributed by atoms with E-state index in [0.29, 0.717) is 11.4 Å². The molecule has 1 amide bonds. The number of halogens is 1. The molecule has 1 heterocycles. The largest absolute Gasteiger partial charge is 0.342 e. The SMILES string of the molecule is CC(NC(=O)c1ccc(Br)cc1)c1ncn[nH]1. The van der Waals surface area contributed by atoms with E-state index in [1.54, 1.807) is 12.1 Å². The molecule has 0 radical (unpaired) electrons. The van der Waals surface area contributed by atoms with Crippen LogP contribution in [0.3, 0.4) is 0 Å². The fraction of sp³-hybridized carbons (Fsp3) is 0.182. The second-order valence-electron chi connectivity index (χ2n) is 3.57. The summed E-state index contributed by atoms with van der Waals surface area (Å²) < 4.78 is 0.942. The summed E-state index contributed by atoms with van der Waals surface area (Å²) in [6.45, 7) is 1.84. The Kier molecular flexibility index (Phi) is 3.53. The summed E-state index contributed by atoms with van der Waals surface area (Å²) in [7, 11) is 0. The Balaban J connectivity index is 2.04. The van der Waals surface area contributed by atoms with Crippen molar-refractivity contribution < 1.29 is 4.79 Å². The van der Waals surface area contributed by atoms with Crippen molar-refractivity contribution in [2.45, 2.75) is 13.0 Å². The number of amides is 1. The number of rotatable bonds is 3. The molecule has 0 spiro atoms. The van der Waals surface area contributed by atoms with Crippen molar-refractivity contribution in [1.82, 2.24) is 20.5 Å². The van der Waals surface area contributed by atoms with Gasteiger partial charge in [0.15, 0.2) is 0 Å². The van der Waals surface area contributed by atoms with Crippen molar-refractivity contribution in [3.63, 3.8) is 0 Å². The molecule has 0 fully saturated rings. The van der Waals surface area contributed by atoms with Gasteiger partial charge < -0.3 is 5.32 Å². The Morgan fingerprint density at radius 1 is 1.41 bits per heavy atom. The fourth-order valence-corrected chi connectivity index (χ4v) is 1.64. The Morgan fingerprint density at radius 3 is 2.71 bits per heavy atom. The van der Waals surface area contributed by atoms with Crippen LogP contribution in [0.1, 0.15) is 29.1 Å². The molecule has 6 heteroatoms. The summed E-state index contributed by atoms with van der Waals surface area (Å²) in [5.41, 5.74) is 0.611. The van der Waals surface area contributed by atoms with Gasteiger partial charge in [-0.15, -0.1) is 0 Å². The molecule has 0 saturated carbocycles. The van der Waals surface area contributed by atoms with Gasteiger partial charge in [0.25, 0.3) is 5.91 Å². The minimum Gasteiger partial charge on any atom is -0.342 e. The molecule has 0 saturated heterocycles. The van der Waals surface area contributed by atoms with Gasteiger partial charge in [-0.3, -0.25) is 9.89 Å². The van der Waals surface area contributed by atoms with E-state index < -0.39 is 0 Å². The first kappa shape index (κ1) is 11.8. The highest BCUT2D eigenvalue weighted by atomic mass is 79.9. The molecule has 0 aliphatic heterocycles. The molecule has 0 aliphatic carbocycles. The molecule has 1 unspecified atom stereocenters. The van der Waals surface area contributed by atoms with Gasteiger partial charge in [-0.1, -0.05) is 15.9 Å². The maximum atomic E-state index is 11.9. The predicted octanol–water partition coefficient (Wildman–Crippen LogP) is 2.06. The molecule has 0 aliphatic rings. The van der Waals surface area contributed by atoms with Gasteiger partial charge >= 0.3 is 0 Å². The summed E-state index contributed by atoms with van der Waals surface area (Å²) in [4.78, 5) is 15.9. The molecule has 1 aromatic carbocycles. The zero-order chi connectivity index (χ0) is 12.3. The smallest absolute Gasteiger partial charge is 0.251 e. The van der Waals surface area contributed by atoms with Gasteiger partial charge in [-0.05, 0) is 31.2 Å². The van der Waals surface area contributed by atoms with Gasteiger partial charge in [0.1, 0.15) is 12.2 Å². The van der Waals surface area contributed by atoms with Crippen LogP contribution in [0.5, 0.6) is 0 Å². The number of hydrogen-bond donors (Lipinski definition) is 2. The number of nitrogens with zero attached hydrogens (tertiary/aromatic N) is 2. The number of nitrogens with one attached hydrogen (secondary N) is 2. The normalized spacial score (nSPS) is 12.1. The van der Waals surface area contributed by atoms with E-state index in [-0.39, 0.29) is 11.9 Å². The maximum absolute atomic E-state index is 11.9. The first-order valence-electron chi connectivity index (χ1n) is 5.08. The third kappa shape index (κ3) is 2.91. The van der Waals surface area contributed by atoms with Gasteiger partial charge in [-0.25, -0.2) is 4.98 Å². The fourth-order valence-electron chi connectivity index (χ4n) is 1.37. The van der Waals surface area contributed by atoms with Crippen LogP contribution in [0, 0.1) is 0 Å². The van der Waals surface area contributed by atoms with Crippen molar-refractivity contribution in [3.05, 3.63) is 46.5 Å². The Labute approximate surface area is 107 Å². The molecule has 88 valence electrons. The average molecular weight is 295 g/mol. The molecular formula is C11H11BrN4O. The summed E-state index contributed by atoms with van der Waals surface area (Å²) in [6, 6.07) is 6.97. The number of carbonyl (C=O) groups excluding carboxylic acids is 1. The van der Waals surface area contributed by atoms with Crippen LogP contribution in [-0.2, 0) is 0 Å². The van der Waals surface area contributed by atoms with E-state index in [2.05, 4.69) is 36.4 Å². The minimum absolute atomic E-state index is 0.138. The molecule has 2 N–H and O–H groups in total. The molecule has 1 aromatic heterocycles. The zero-order valence-electron chi connectivity index (χ0n) is 9.14. The van der Waals surface area contributed by atoms with Crippen molar-refractivity contribution in [2.75, 3.05) is 0 Å². The van der Waals surface area contributed by atoms with E-state index >= 15 is 0 Å². The highest BCUT2D eigenvalue weighted by Crippen LogP contribution is 2.12. The van der Waals surface area contributed by atoms with E-state index in [4.69, 9.17) is 0 Å². The maximum Gasteiger partial charge on any atom is 0.251 e. The third-order valence-electron chi connectivity index (χ3n) is 2.30.